The fourth-order valence-electron chi connectivity index (χ4n) is 1.66. The highest BCUT2D eigenvalue weighted by Crippen LogP contribution is 2.17. The van der Waals surface area contributed by atoms with Gasteiger partial charge in [-0.1, -0.05) is 0 Å². The van der Waals surface area contributed by atoms with Crippen LogP contribution in [-0.4, -0.2) is 46.3 Å². The Morgan fingerprint density at radius 1 is 1.75 bits per heavy atom. The molecule has 0 aromatic carbocycles. The van der Waals surface area contributed by atoms with Crippen LogP contribution in [0.1, 0.15) is 19.8 Å². The molecule has 0 aliphatic carbocycles. The summed E-state index contributed by atoms with van der Waals surface area (Å²) in [5.74, 6) is -0.770. The van der Waals surface area contributed by atoms with Crippen molar-refractivity contribution in [3.63, 3.8) is 0 Å². The molecule has 70 valence electrons. The number of rotatable bonds is 3. The monoisotopic (exact) mass is 173 g/mol. The number of nitrogens with zero attached hydrogens (tertiary/aromatic N) is 1. The van der Waals surface area contributed by atoms with E-state index in [4.69, 9.17) is 10.2 Å². The van der Waals surface area contributed by atoms with Gasteiger partial charge in [-0.25, -0.2) is 0 Å². The first kappa shape index (κ1) is 9.48. The summed E-state index contributed by atoms with van der Waals surface area (Å²) < 4.78 is 0. The van der Waals surface area contributed by atoms with E-state index in [-0.39, 0.29) is 6.04 Å². The number of β-amino-alcohol motifs (C(OH)–C–C–N with tert-alkyl or cyclic N) is 1. The van der Waals surface area contributed by atoms with Crippen molar-refractivity contribution in [1.29, 1.82) is 0 Å². The van der Waals surface area contributed by atoms with Gasteiger partial charge in [0.1, 0.15) is 6.04 Å². The molecule has 0 radical (unpaired) electrons. The lowest BCUT2D eigenvalue weighted by atomic mass is 10.2. The third-order valence-electron chi connectivity index (χ3n) is 2.15. The summed E-state index contributed by atoms with van der Waals surface area (Å²) in [6, 6.07) is -0.375. The van der Waals surface area contributed by atoms with E-state index in [0.717, 1.165) is 13.0 Å². The van der Waals surface area contributed by atoms with Crippen LogP contribution in [0.2, 0.25) is 0 Å². The molecular weight excluding hydrogens is 158 g/mol. The molecule has 2 atom stereocenters. The number of hydrogen-bond acceptors (Lipinski definition) is 3. The quantitative estimate of drug-likeness (QED) is 0.626. The predicted octanol–water partition coefficient (Wildman–Crippen LogP) is -0.0838. The fraction of sp³-hybridized carbons (Fsp3) is 0.875. The minimum Gasteiger partial charge on any atom is -0.480 e. The number of aliphatic hydroxyl groups excluding tert-OH is 1. The molecule has 4 heteroatoms. The number of hydrogen-bond donors (Lipinski definition) is 2. The van der Waals surface area contributed by atoms with Crippen LogP contribution < -0.4 is 0 Å². The molecular formula is C8H15NO3. The largest absolute Gasteiger partial charge is 0.480 e. The van der Waals surface area contributed by atoms with Gasteiger partial charge in [0.2, 0.25) is 0 Å². The van der Waals surface area contributed by atoms with Gasteiger partial charge in [-0.2, -0.15) is 0 Å². The van der Waals surface area contributed by atoms with Crippen LogP contribution in [0.15, 0.2) is 0 Å². The van der Waals surface area contributed by atoms with Crippen molar-refractivity contribution in [2.24, 2.45) is 0 Å². The molecule has 0 amide bonds. The van der Waals surface area contributed by atoms with Crippen molar-refractivity contribution in [3.05, 3.63) is 0 Å². The van der Waals surface area contributed by atoms with Crippen LogP contribution in [0.5, 0.6) is 0 Å². The minimum absolute atomic E-state index is 0.375. The van der Waals surface area contributed by atoms with Gasteiger partial charge in [0.15, 0.2) is 0 Å². The lowest BCUT2D eigenvalue weighted by Crippen LogP contribution is -2.39. The number of aliphatic carboxylic acids is 1. The zero-order chi connectivity index (χ0) is 9.14. The first-order chi connectivity index (χ1) is 5.61. The second-order valence-electron chi connectivity index (χ2n) is 3.34. The highest BCUT2D eigenvalue weighted by atomic mass is 16.4. The normalized spacial score (nSPS) is 27.3. The Labute approximate surface area is 71.8 Å². The lowest BCUT2D eigenvalue weighted by Gasteiger charge is -2.21. The zero-order valence-corrected chi connectivity index (χ0v) is 7.23. The van der Waals surface area contributed by atoms with Gasteiger partial charge in [-0.05, 0) is 26.3 Å². The Morgan fingerprint density at radius 2 is 2.42 bits per heavy atom. The lowest BCUT2D eigenvalue weighted by molar-refractivity contribution is -0.142. The highest BCUT2D eigenvalue weighted by molar-refractivity contribution is 5.73. The van der Waals surface area contributed by atoms with Crippen LogP contribution in [0.3, 0.4) is 0 Å². The molecule has 0 spiro atoms. The molecule has 1 rings (SSSR count). The van der Waals surface area contributed by atoms with Crippen molar-refractivity contribution >= 4 is 5.97 Å². The van der Waals surface area contributed by atoms with Crippen LogP contribution in [0, 0.1) is 0 Å². The summed E-state index contributed by atoms with van der Waals surface area (Å²) in [5.41, 5.74) is 0. The molecule has 0 aromatic rings. The number of carboxylic acids is 1. The van der Waals surface area contributed by atoms with Gasteiger partial charge in [0.25, 0.3) is 0 Å². The SMILES string of the molecule is C[C@H](O)CN1CCC[C@H]1C(=O)O. The van der Waals surface area contributed by atoms with E-state index < -0.39 is 12.1 Å². The Kier molecular flexibility index (Phi) is 3.05. The number of aliphatic hydroxyl groups is 1. The van der Waals surface area contributed by atoms with E-state index in [1.807, 2.05) is 4.90 Å². The summed E-state index contributed by atoms with van der Waals surface area (Å²) in [7, 11) is 0. The maximum atomic E-state index is 10.7. The van der Waals surface area contributed by atoms with Crippen molar-refractivity contribution in [3.8, 4) is 0 Å². The predicted molar refractivity (Wildman–Crippen MR) is 43.9 cm³/mol. The fourth-order valence-corrected chi connectivity index (χ4v) is 1.66. The standard InChI is InChI=1S/C8H15NO3/c1-6(10)5-9-4-2-3-7(9)8(11)12/h6-7,10H,2-5H2,1H3,(H,11,12)/t6-,7-/m0/s1. The van der Waals surface area contributed by atoms with Crippen LogP contribution >= 0.6 is 0 Å². The minimum atomic E-state index is -0.770. The molecule has 4 nitrogen and oxygen atoms in total. The Balaban J connectivity index is 2.46. The molecule has 0 unspecified atom stereocenters. The summed E-state index contributed by atoms with van der Waals surface area (Å²) >= 11 is 0. The summed E-state index contributed by atoms with van der Waals surface area (Å²) in [6.45, 7) is 2.94. The van der Waals surface area contributed by atoms with Crippen molar-refractivity contribution in [2.75, 3.05) is 13.1 Å². The highest BCUT2D eigenvalue weighted by Gasteiger charge is 2.30. The van der Waals surface area contributed by atoms with Crippen molar-refractivity contribution in [2.45, 2.75) is 31.9 Å². The van der Waals surface area contributed by atoms with Gasteiger partial charge in [-0.15, -0.1) is 0 Å². The topological polar surface area (TPSA) is 60.8 Å². The van der Waals surface area contributed by atoms with E-state index in [2.05, 4.69) is 0 Å². The second kappa shape index (κ2) is 3.87. The first-order valence-electron chi connectivity index (χ1n) is 4.26. The van der Waals surface area contributed by atoms with E-state index in [9.17, 15) is 4.79 Å². The van der Waals surface area contributed by atoms with Gasteiger partial charge < -0.3 is 10.2 Å². The summed E-state index contributed by atoms with van der Waals surface area (Å²) in [4.78, 5) is 12.5. The number of carboxylic acid groups (broad SMARTS) is 1. The van der Waals surface area contributed by atoms with Gasteiger partial charge in [-0.3, -0.25) is 9.69 Å². The molecule has 0 aromatic heterocycles. The zero-order valence-electron chi connectivity index (χ0n) is 7.23. The summed E-state index contributed by atoms with van der Waals surface area (Å²) in [5, 5.41) is 17.9. The number of carbonyl (C=O) groups is 1. The molecule has 0 bridgehead atoms. The summed E-state index contributed by atoms with van der Waals surface area (Å²) in [6.07, 6.45) is 1.19. The Morgan fingerprint density at radius 3 is 2.92 bits per heavy atom. The first-order valence-corrected chi connectivity index (χ1v) is 4.26. The number of likely N-dealkylation sites (tertiary alicyclic amines) is 1. The van der Waals surface area contributed by atoms with E-state index in [0.29, 0.717) is 13.0 Å². The molecule has 1 saturated heterocycles. The molecule has 1 heterocycles. The van der Waals surface area contributed by atoms with Gasteiger partial charge in [0, 0.05) is 6.54 Å². The molecule has 1 aliphatic heterocycles. The average molecular weight is 173 g/mol. The maximum Gasteiger partial charge on any atom is 0.320 e. The Bertz CT molecular complexity index is 170. The molecule has 12 heavy (non-hydrogen) atoms. The molecule has 1 aliphatic rings. The van der Waals surface area contributed by atoms with E-state index in [1.54, 1.807) is 6.92 Å². The average Bonchev–Trinajstić information content (AvgIpc) is 2.33. The Hall–Kier alpha value is -0.610. The van der Waals surface area contributed by atoms with Gasteiger partial charge in [0.05, 0.1) is 6.10 Å². The van der Waals surface area contributed by atoms with Crippen LogP contribution in [-0.2, 0) is 4.79 Å². The molecule has 2 N–H and O–H groups in total. The van der Waals surface area contributed by atoms with Gasteiger partial charge >= 0.3 is 5.97 Å². The third-order valence-corrected chi connectivity index (χ3v) is 2.15. The van der Waals surface area contributed by atoms with E-state index >= 15 is 0 Å². The molecule has 1 fully saturated rings. The van der Waals surface area contributed by atoms with E-state index in [1.165, 1.54) is 0 Å². The van der Waals surface area contributed by atoms with Crippen LogP contribution in [0.4, 0.5) is 0 Å². The second-order valence-corrected chi connectivity index (χ2v) is 3.34. The van der Waals surface area contributed by atoms with Crippen molar-refractivity contribution in [1.82, 2.24) is 4.90 Å². The molecule has 0 saturated carbocycles. The van der Waals surface area contributed by atoms with Crippen LogP contribution in [0.25, 0.3) is 0 Å². The smallest absolute Gasteiger partial charge is 0.320 e. The van der Waals surface area contributed by atoms with Crippen molar-refractivity contribution < 1.29 is 15.0 Å². The third kappa shape index (κ3) is 2.19. The maximum absolute atomic E-state index is 10.7.